The lowest BCUT2D eigenvalue weighted by atomic mass is 9.70. The molecule has 2 saturated heterocycles. The number of aromatic nitrogens is 3. The first-order valence-corrected chi connectivity index (χ1v) is 11.3. The number of nitrogens with two attached hydrogens (primary N) is 1. The summed E-state index contributed by atoms with van der Waals surface area (Å²) in [6.07, 6.45) is -2.12. The molecule has 172 valence electrons. The van der Waals surface area contributed by atoms with Gasteiger partial charge in [-0.1, -0.05) is 6.07 Å². The summed E-state index contributed by atoms with van der Waals surface area (Å²) in [5.74, 6) is -0.398. The van der Waals surface area contributed by atoms with Crippen molar-refractivity contribution in [1.82, 2.24) is 19.1 Å². The number of rotatable bonds is 4. The average molecular weight is 478 g/mol. The molecule has 3 aromatic rings. The van der Waals surface area contributed by atoms with Crippen molar-refractivity contribution in [1.29, 1.82) is 5.26 Å². The molecule has 0 amide bonds. The van der Waals surface area contributed by atoms with Gasteiger partial charge in [0, 0.05) is 24.6 Å². The summed E-state index contributed by atoms with van der Waals surface area (Å²) in [6, 6.07) is 6.40. The van der Waals surface area contributed by atoms with Gasteiger partial charge in [-0.3, -0.25) is 4.40 Å². The molecule has 3 N–H and O–H groups in total. The first-order valence-electron chi connectivity index (χ1n) is 9.78. The molecule has 1 aromatic carbocycles. The fourth-order valence-electron chi connectivity index (χ4n) is 4.47. The predicted molar refractivity (Wildman–Crippen MR) is 109 cm³/mol. The smallest absolute Gasteiger partial charge is 0.381 e. The maximum absolute atomic E-state index is 13.3. The van der Waals surface area contributed by atoms with Crippen LogP contribution in [0.5, 0.6) is 0 Å². The van der Waals surface area contributed by atoms with E-state index in [1.54, 1.807) is 13.0 Å². The highest BCUT2D eigenvalue weighted by Gasteiger charge is 2.64. The largest absolute Gasteiger partial charge is 0.434 e. The van der Waals surface area contributed by atoms with Gasteiger partial charge in [-0.25, -0.2) is 23.1 Å². The van der Waals surface area contributed by atoms with Crippen molar-refractivity contribution in [2.75, 3.05) is 12.3 Å². The first-order chi connectivity index (χ1) is 15.4. The Balaban J connectivity index is 1.56. The summed E-state index contributed by atoms with van der Waals surface area (Å²) in [4.78, 5) is 7.36. The van der Waals surface area contributed by atoms with Crippen molar-refractivity contribution in [2.24, 2.45) is 0 Å². The van der Waals surface area contributed by atoms with Gasteiger partial charge in [-0.05, 0) is 24.6 Å². The zero-order valence-corrected chi connectivity index (χ0v) is 18.0. The third kappa shape index (κ3) is 3.33. The highest BCUT2D eigenvalue weighted by molar-refractivity contribution is 7.89. The molecule has 0 unspecified atom stereocenters. The Labute approximate surface area is 186 Å². The third-order valence-electron chi connectivity index (χ3n) is 6.03. The van der Waals surface area contributed by atoms with Crippen LogP contribution in [0.15, 0.2) is 35.5 Å². The quantitative estimate of drug-likeness (QED) is 0.588. The Kier molecular flexibility index (Phi) is 4.36. The fraction of sp³-hybridized carbons (Fsp3) is 0.350. The molecule has 2 bridgehead atoms. The van der Waals surface area contributed by atoms with Crippen LogP contribution in [0, 0.1) is 18.3 Å². The second-order valence-corrected chi connectivity index (χ2v) is 10.1. The number of hydrogen-bond acceptors (Lipinski definition) is 7. The topological polar surface area (TPSA) is 135 Å². The minimum Gasteiger partial charge on any atom is -0.381 e. The number of fused-ring (bicyclic) bond motifs is 2. The Morgan fingerprint density at radius 1 is 1.33 bits per heavy atom. The molecule has 4 heterocycles. The van der Waals surface area contributed by atoms with E-state index in [0.29, 0.717) is 11.1 Å². The van der Waals surface area contributed by atoms with Crippen LogP contribution in [0.2, 0.25) is 0 Å². The molecular formula is C20H17F3N6O3S. The Hall–Kier alpha value is -3.21. The molecule has 1 aliphatic carbocycles. The number of anilines is 1. The summed E-state index contributed by atoms with van der Waals surface area (Å²) in [5.41, 5.74) is 3.94. The van der Waals surface area contributed by atoms with Crippen molar-refractivity contribution < 1.29 is 26.3 Å². The van der Waals surface area contributed by atoms with Gasteiger partial charge in [0.25, 0.3) is 0 Å². The van der Waals surface area contributed by atoms with Crippen LogP contribution in [-0.2, 0) is 20.9 Å². The SMILES string of the molecule is Cc1ccc(S(=O)(=O)NC23COC(C#N)(C2)C3)cc1-c1cnc2c(N)nc(C(F)(F)F)cn12. The van der Waals surface area contributed by atoms with E-state index in [1.807, 2.05) is 0 Å². The molecule has 0 spiro atoms. The lowest BCUT2D eigenvalue weighted by molar-refractivity contribution is -0.141. The van der Waals surface area contributed by atoms with Crippen molar-refractivity contribution in [3.8, 4) is 17.3 Å². The number of benzene rings is 1. The fourth-order valence-corrected chi connectivity index (χ4v) is 5.88. The van der Waals surface area contributed by atoms with Crippen LogP contribution in [0.1, 0.15) is 24.1 Å². The van der Waals surface area contributed by atoms with E-state index >= 15 is 0 Å². The number of aryl methyl sites for hydroxylation is 1. The number of nitrogens with one attached hydrogen (secondary N) is 1. The zero-order chi connectivity index (χ0) is 23.8. The maximum atomic E-state index is 13.3. The van der Waals surface area contributed by atoms with Crippen LogP contribution in [0.3, 0.4) is 0 Å². The van der Waals surface area contributed by atoms with E-state index in [0.717, 1.165) is 10.6 Å². The highest BCUT2D eigenvalue weighted by atomic mass is 32.2. The number of nitrogens with zero attached hydrogens (tertiary/aromatic N) is 4. The number of nitriles is 1. The number of hydrogen-bond donors (Lipinski definition) is 2. The molecule has 0 radical (unpaired) electrons. The molecule has 9 nitrogen and oxygen atoms in total. The van der Waals surface area contributed by atoms with Gasteiger partial charge >= 0.3 is 6.18 Å². The first kappa shape index (κ1) is 21.6. The molecule has 6 rings (SSSR count). The number of imidazole rings is 1. The van der Waals surface area contributed by atoms with Gasteiger partial charge in [-0.15, -0.1) is 0 Å². The second-order valence-electron chi connectivity index (χ2n) is 8.46. The van der Waals surface area contributed by atoms with Crippen LogP contribution in [-0.4, -0.2) is 40.5 Å². The summed E-state index contributed by atoms with van der Waals surface area (Å²) in [7, 11) is -4.01. The van der Waals surface area contributed by atoms with Crippen molar-refractivity contribution in [2.45, 2.75) is 42.0 Å². The molecule has 0 atom stereocenters. The molecule has 2 aromatic heterocycles. The van der Waals surface area contributed by atoms with E-state index in [-0.39, 0.29) is 35.7 Å². The maximum Gasteiger partial charge on any atom is 0.434 e. The predicted octanol–water partition coefficient (Wildman–Crippen LogP) is 2.41. The molecule has 13 heteroatoms. The van der Waals surface area contributed by atoms with E-state index in [9.17, 15) is 26.9 Å². The lowest BCUT2D eigenvalue weighted by Crippen LogP contribution is -2.59. The molecule has 3 fully saturated rings. The van der Waals surface area contributed by atoms with Crippen LogP contribution in [0.4, 0.5) is 19.0 Å². The summed E-state index contributed by atoms with van der Waals surface area (Å²) >= 11 is 0. The minimum absolute atomic E-state index is 0.0214. The standard InChI is InChI=1S/C20H17F3N6O3S/c1-11-2-3-12(33(30,31)28-18-7-19(8-18,9-24)32-10-18)4-13(11)14-5-26-17-16(25)27-15(6-29(14)17)20(21,22)23/h2-6,28H,7-8,10H2,1H3,(H2,25,27). The van der Waals surface area contributed by atoms with Gasteiger partial charge in [0.2, 0.25) is 10.0 Å². The lowest BCUT2D eigenvalue weighted by Gasteiger charge is -2.40. The molecule has 3 aliphatic rings. The number of alkyl halides is 3. The monoisotopic (exact) mass is 478 g/mol. The molecule has 2 aliphatic heterocycles. The van der Waals surface area contributed by atoms with Gasteiger partial charge in [0.1, 0.15) is 0 Å². The normalized spacial score (nSPS) is 24.6. The van der Waals surface area contributed by atoms with E-state index in [4.69, 9.17) is 10.5 Å². The van der Waals surface area contributed by atoms with E-state index in [2.05, 4.69) is 20.8 Å². The van der Waals surface area contributed by atoms with Crippen molar-refractivity contribution in [3.05, 3.63) is 41.9 Å². The van der Waals surface area contributed by atoms with Crippen molar-refractivity contribution >= 4 is 21.5 Å². The van der Waals surface area contributed by atoms with Gasteiger partial charge in [-0.2, -0.15) is 18.4 Å². The van der Waals surface area contributed by atoms with Crippen LogP contribution < -0.4 is 10.5 Å². The minimum atomic E-state index is -4.72. The third-order valence-corrected chi connectivity index (χ3v) is 7.61. The van der Waals surface area contributed by atoms with E-state index in [1.165, 1.54) is 18.3 Å². The van der Waals surface area contributed by atoms with Gasteiger partial charge < -0.3 is 10.5 Å². The Morgan fingerprint density at radius 2 is 2.06 bits per heavy atom. The summed E-state index contributed by atoms with van der Waals surface area (Å²) in [5, 5.41) is 9.20. The van der Waals surface area contributed by atoms with Crippen LogP contribution >= 0.6 is 0 Å². The van der Waals surface area contributed by atoms with Crippen LogP contribution in [0.25, 0.3) is 16.9 Å². The van der Waals surface area contributed by atoms with Gasteiger partial charge in [0.05, 0.1) is 35.0 Å². The highest BCUT2D eigenvalue weighted by Crippen LogP contribution is 2.51. The summed E-state index contributed by atoms with van der Waals surface area (Å²) < 4.78 is 75.2. The molecule has 1 saturated carbocycles. The molecule has 33 heavy (non-hydrogen) atoms. The number of halogens is 3. The second kappa shape index (κ2) is 6.66. The number of nitrogen functional groups attached to an aromatic ring is 1. The van der Waals surface area contributed by atoms with Gasteiger partial charge in [0.15, 0.2) is 22.8 Å². The zero-order valence-electron chi connectivity index (χ0n) is 17.1. The summed E-state index contributed by atoms with van der Waals surface area (Å²) in [6.45, 7) is 1.79. The number of ether oxygens (including phenoxy) is 1. The Bertz CT molecular complexity index is 1450. The van der Waals surface area contributed by atoms with Crippen molar-refractivity contribution in [3.63, 3.8) is 0 Å². The Morgan fingerprint density at radius 3 is 2.70 bits per heavy atom. The number of sulfonamides is 1. The average Bonchev–Trinajstić information content (AvgIpc) is 3.38. The molecular weight excluding hydrogens is 461 g/mol. The van der Waals surface area contributed by atoms with E-state index < -0.39 is 38.9 Å².